The summed E-state index contributed by atoms with van der Waals surface area (Å²) in [5.74, 6) is 0.0927. The number of carbonyl (C=O) groups excluding carboxylic acids is 1. The molecule has 2 aliphatic rings. The zero-order chi connectivity index (χ0) is 16.0. The van der Waals surface area contributed by atoms with Gasteiger partial charge in [-0.05, 0) is 31.6 Å². The SMILES string of the molecule is Cc1ccc(C2=C(c3ccoc3)C(=O)C3(C)C=CC=CN23)cc1. The first-order chi connectivity index (χ1) is 11.1. The summed E-state index contributed by atoms with van der Waals surface area (Å²) in [6.45, 7) is 4.01. The predicted molar refractivity (Wildman–Crippen MR) is 90.2 cm³/mol. The Labute approximate surface area is 135 Å². The lowest BCUT2D eigenvalue weighted by molar-refractivity contribution is -0.118. The molecule has 2 aromatic rings. The molecular weight excluding hydrogens is 286 g/mol. The van der Waals surface area contributed by atoms with Crippen molar-refractivity contribution in [1.29, 1.82) is 0 Å². The average Bonchev–Trinajstić information content (AvgIpc) is 3.14. The standard InChI is InChI=1S/C20H17NO2/c1-14-5-7-15(8-6-14)18-17(16-9-12-23-13-16)19(22)20(2)10-3-4-11-21(18)20/h3-13H,1-2H3. The molecule has 3 nitrogen and oxygen atoms in total. The topological polar surface area (TPSA) is 33.5 Å². The van der Waals surface area contributed by atoms with Gasteiger partial charge >= 0.3 is 0 Å². The molecule has 1 unspecified atom stereocenters. The summed E-state index contributed by atoms with van der Waals surface area (Å²) >= 11 is 0. The number of nitrogens with zero attached hydrogens (tertiary/aromatic N) is 1. The fourth-order valence-electron chi connectivity index (χ4n) is 3.26. The average molecular weight is 303 g/mol. The zero-order valence-corrected chi connectivity index (χ0v) is 13.1. The Morgan fingerprint density at radius 3 is 2.52 bits per heavy atom. The molecule has 0 fully saturated rings. The highest BCUT2D eigenvalue weighted by Crippen LogP contribution is 2.46. The van der Waals surface area contributed by atoms with Crippen LogP contribution in [0.3, 0.4) is 0 Å². The molecule has 0 spiro atoms. The van der Waals surface area contributed by atoms with Gasteiger partial charge in [-0.25, -0.2) is 0 Å². The maximum absolute atomic E-state index is 13.2. The number of aryl methyl sites for hydroxylation is 1. The molecule has 2 aliphatic heterocycles. The summed E-state index contributed by atoms with van der Waals surface area (Å²) in [5, 5.41) is 0. The Hall–Kier alpha value is -2.81. The summed E-state index contributed by atoms with van der Waals surface area (Å²) in [7, 11) is 0. The lowest BCUT2D eigenvalue weighted by Gasteiger charge is -2.34. The van der Waals surface area contributed by atoms with Crippen molar-refractivity contribution in [2.45, 2.75) is 19.4 Å². The van der Waals surface area contributed by atoms with Crippen molar-refractivity contribution in [3.05, 3.63) is 84.0 Å². The van der Waals surface area contributed by atoms with E-state index in [4.69, 9.17) is 4.42 Å². The molecule has 4 rings (SSSR count). The summed E-state index contributed by atoms with van der Waals surface area (Å²) in [6, 6.07) is 10.1. The number of furan rings is 1. The maximum Gasteiger partial charge on any atom is 0.195 e. The molecule has 0 radical (unpaired) electrons. The van der Waals surface area contributed by atoms with Gasteiger partial charge in [0.25, 0.3) is 0 Å². The summed E-state index contributed by atoms with van der Waals surface area (Å²) in [6.07, 6.45) is 11.1. The Kier molecular flexibility index (Phi) is 2.91. The van der Waals surface area contributed by atoms with Crippen LogP contribution < -0.4 is 0 Å². The fraction of sp³-hybridized carbons (Fsp3) is 0.150. The van der Waals surface area contributed by atoms with Crippen LogP contribution in [0.1, 0.15) is 23.6 Å². The number of allylic oxidation sites excluding steroid dienone is 2. The number of hydrogen-bond acceptors (Lipinski definition) is 3. The number of carbonyl (C=O) groups is 1. The smallest absolute Gasteiger partial charge is 0.195 e. The summed E-state index contributed by atoms with van der Waals surface area (Å²) in [5.41, 5.74) is 4.01. The second kappa shape index (κ2) is 4.85. The molecule has 1 aromatic carbocycles. The van der Waals surface area contributed by atoms with E-state index in [2.05, 4.69) is 36.1 Å². The van der Waals surface area contributed by atoms with Crippen LogP contribution in [0.4, 0.5) is 0 Å². The highest BCUT2D eigenvalue weighted by molar-refractivity contribution is 6.35. The summed E-state index contributed by atoms with van der Waals surface area (Å²) in [4.78, 5) is 15.2. The second-order valence-corrected chi connectivity index (χ2v) is 6.15. The van der Waals surface area contributed by atoms with E-state index in [1.165, 1.54) is 5.56 Å². The zero-order valence-electron chi connectivity index (χ0n) is 13.1. The fourth-order valence-corrected chi connectivity index (χ4v) is 3.26. The number of ketones is 1. The van der Waals surface area contributed by atoms with Gasteiger partial charge < -0.3 is 9.32 Å². The first-order valence-corrected chi connectivity index (χ1v) is 7.65. The van der Waals surface area contributed by atoms with Crippen molar-refractivity contribution in [2.24, 2.45) is 0 Å². The van der Waals surface area contributed by atoms with Gasteiger partial charge in [0.1, 0.15) is 5.54 Å². The normalized spacial score (nSPS) is 22.9. The number of rotatable bonds is 2. The molecule has 3 heterocycles. The molecule has 1 aromatic heterocycles. The molecule has 0 amide bonds. The van der Waals surface area contributed by atoms with Crippen LogP contribution in [-0.2, 0) is 4.79 Å². The van der Waals surface area contributed by atoms with Gasteiger partial charge in [-0.3, -0.25) is 4.79 Å². The highest BCUT2D eigenvalue weighted by Gasteiger charge is 2.48. The van der Waals surface area contributed by atoms with Crippen LogP contribution in [0, 0.1) is 6.92 Å². The first-order valence-electron chi connectivity index (χ1n) is 7.65. The first kappa shape index (κ1) is 13.8. The lowest BCUT2D eigenvalue weighted by atomic mass is 9.90. The van der Waals surface area contributed by atoms with E-state index < -0.39 is 5.54 Å². The molecule has 3 heteroatoms. The van der Waals surface area contributed by atoms with E-state index in [0.717, 1.165) is 16.8 Å². The second-order valence-electron chi connectivity index (χ2n) is 6.15. The molecular formula is C20H17NO2. The third kappa shape index (κ3) is 1.93. The molecule has 0 bridgehead atoms. The van der Waals surface area contributed by atoms with Crippen molar-refractivity contribution in [2.75, 3.05) is 0 Å². The Morgan fingerprint density at radius 1 is 1.04 bits per heavy atom. The van der Waals surface area contributed by atoms with Gasteiger partial charge in [0.2, 0.25) is 0 Å². The Morgan fingerprint density at radius 2 is 1.83 bits per heavy atom. The van der Waals surface area contributed by atoms with Crippen LogP contribution in [0.25, 0.3) is 11.3 Å². The van der Waals surface area contributed by atoms with E-state index in [1.54, 1.807) is 12.5 Å². The van der Waals surface area contributed by atoms with Crippen LogP contribution in [-0.4, -0.2) is 16.2 Å². The van der Waals surface area contributed by atoms with E-state index in [9.17, 15) is 4.79 Å². The van der Waals surface area contributed by atoms with Crippen molar-refractivity contribution in [3.8, 4) is 0 Å². The third-order valence-corrected chi connectivity index (χ3v) is 4.57. The highest BCUT2D eigenvalue weighted by atomic mass is 16.3. The van der Waals surface area contributed by atoms with Gasteiger partial charge in [0, 0.05) is 11.8 Å². The minimum Gasteiger partial charge on any atom is -0.472 e. The predicted octanol–water partition coefficient (Wildman–Crippen LogP) is 4.18. The van der Waals surface area contributed by atoms with Crippen LogP contribution in [0.2, 0.25) is 0 Å². The van der Waals surface area contributed by atoms with E-state index >= 15 is 0 Å². The van der Waals surface area contributed by atoms with Crippen LogP contribution in [0.5, 0.6) is 0 Å². The lowest BCUT2D eigenvalue weighted by Crippen LogP contribution is -2.43. The molecule has 0 saturated carbocycles. The molecule has 23 heavy (non-hydrogen) atoms. The summed E-state index contributed by atoms with van der Waals surface area (Å²) < 4.78 is 5.22. The Bertz CT molecular complexity index is 854. The molecule has 0 N–H and O–H groups in total. The van der Waals surface area contributed by atoms with Gasteiger partial charge in [-0.15, -0.1) is 0 Å². The largest absolute Gasteiger partial charge is 0.472 e. The van der Waals surface area contributed by atoms with Crippen LogP contribution in [0.15, 0.2) is 71.7 Å². The minimum absolute atomic E-state index is 0.0927. The number of hydrogen-bond donors (Lipinski definition) is 0. The maximum atomic E-state index is 13.2. The minimum atomic E-state index is -0.679. The van der Waals surface area contributed by atoms with Crippen molar-refractivity contribution >= 4 is 17.1 Å². The Balaban J connectivity index is 1.99. The number of benzene rings is 1. The van der Waals surface area contributed by atoms with E-state index in [-0.39, 0.29) is 5.78 Å². The van der Waals surface area contributed by atoms with Gasteiger partial charge in [0.15, 0.2) is 5.78 Å². The number of Topliss-reactive ketones (excluding diaryl/α,β-unsaturated/α-hetero) is 1. The van der Waals surface area contributed by atoms with E-state index in [0.29, 0.717) is 5.57 Å². The third-order valence-electron chi connectivity index (χ3n) is 4.57. The van der Waals surface area contributed by atoms with Crippen molar-refractivity contribution < 1.29 is 9.21 Å². The quantitative estimate of drug-likeness (QED) is 0.834. The monoisotopic (exact) mass is 303 g/mol. The van der Waals surface area contributed by atoms with Crippen molar-refractivity contribution in [1.82, 2.24) is 4.90 Å². The number of fused-ring (bicyclic) bond motifs is 1. The molecule has 114 valence electrons. The van der Waals surface area contributed by atoms with Crippen LogP contribution >= 0.6 is 0 Å². The van der Waals surface area contributed by atoms with Gasteiger partial charge in [-0.1, -0.05) is 42.0 Å². The van der Waals surface area contributed by atoms with E-state index in [1.807, 2.05) is 37.4 Å². The molecule has 0 aliphatic carbocycles. The van der Waals surface area contributed by atoms with Gasteiger partial charge in [-0.2, -0.15) is 0 Å². The molecule has 1 atom stereocenters. The van der Waals surface area contributed by atoms with Crippen molar-refractivity contribution in [3.63, 3.8) is 0 Å². The van der Waals surface area contributed by atoms with Gasteiger partial charge in [0.05, 0.1) is 23.8 Å². The molecule has 0 saturated heterocycles.